The third-order valence-corrected chi connectivity index (χ3v) is 9.00. The number of nitrogens with one attached hydrogen (secondary N) is 2. The molecule has 0 aromatic heterocycles. The molecule has 0 aliphatic carbocycles. The van der Waals surface area contributed by atoms with E-state index in [1.54, 1.807) is 42.5 Å². The van der Waals surface area contributed by atoms with Crippen LogP contribution in [0.3, 0.4) is 0 Å². The molecule has 0 saturated carbocycles. The Morgan fingerprint density at radius 1 is 0.729 bits per heavy atom. The minimum Gasteiger partial charge on any atom is -0.744 e. The van der Waals surface area contributed by atoms with Gasteiger partial charge in [-0.25, -0.2) is 18.4 Å². The van der Waals surface area contributed by atoms with Crippen LogP contribution in [0.4, 0.5) is 34.1 Å². The van der Waals surface area contributed by atoms with Crippen LogP contribution in [0.15, 0.2) is 105 Å². The van der Waals surface area contributed by atoms with Gasteiger partial charge in [0, 0.05) is 23.5 Å². The molecule has 18 heteroatoms. The van der Waals surface area contributed by atoms with E-state index in [-0.39, 0.29) is 114 Å². The van der Waals surface area contributed by atoms with Crippen LogP contribution in [0.2, 0.25) is 10.0 Å². The standard InChI is InChI=1S/C30H18Cl2N4O8S2.2Na/c31-25-27-29(41-21-11-19(33-15-7-3-1-4-8-15)23(45-44-43-37)13-17(21)35-27)26(32)28-30(25)42-22-12-20(34-16-9-5-2-6-10-16)24(46(38,39)40)14-18(22)36-28;;/h1-14,33-34,37H,(H,38,39,40);;/q;2*+1/p-2. The fourth-order valence-corrected chi connectivity index (χ4v) is 6.39. The Kier molecular flexibility index (Phi) is 11.7. The van der Waals surface area contributed by atoms with Gasteiger partial charge in [0.15, 0.2) is 23.0 Å². The summed E-state index contributed by atoms with van der Waals surface area (Å²) in [4.78, 5) is 9.07. The summed E-state index contributed by atoms with van der Waals surface area (Å²) < 4.78 is 53.6. The number of anilines is 4. The average Bonchev–Trinajstić information content (AvgIpc) is 3.05. The summed E-state index contributed by atoms with van der Waals surface area (Å²) in [6.45, 7) is 0. The van der Waals surface area contributed by atoms with Gasteiger partial charge in [0.1, 0.15) is 42.3 Å². The third kappa shape index (κ3) is 7.38. The molecule has 0 amide bonds. The first-order valence-electron chi connectivity index (χ1n) is 13.1. The summed E-state index contributed by atoms with van der Waals surface area (Å²) in [6, 6.07) is 23.6. The van der Waals surface area contributed by atoms with E-state index in [1.807, 2.05) is 30.3 Å². The quantitative estimate of drug-likeness (QED) is 0.0742. The van der Waals surface area contributed by atoms with Crippen molar-refractivity contribution in [1.29, 1.82) is 0 Å². The first-order chi connectivity index (χ1) is 22.2. The Bertz CT molecular complexity index is 2270. The van der Waals surface area contributed by atoms with E-state index in [9.17, 15) is 18.2 Å². The second kappa shape index (κ2) is 15.2. The Balaban J connectivity index is 0.00000225. The molecule has 0 spiro atoms. The maximum absolute atomic E-state index is 12.2. The molecule has 0 atom stereocenters. The number of ether oxygens (including phenoxy) is 2. The number of hydrogen-bond donors (Lipinski definition) is 2. The minimum atomic E-state index is -4.94. The van der Waals surface area contributed by atoms with Crippen LogP contribution in [0.1, 0.15) is 0 Å². The van der Waals surface area contributed by atoms with Crippen LogP contribution in [0.25, 0.3) is 0 Å². The van der Waals surface area contributed by atoms with Crippen molar-refractivity contribution < 1.29 is 96.2 Å². The number of halogens is 2. The molecule has 48 heavy (non-hydrogen) atoms. The van der Waals surface area contributed by atoms with Crippen molar-refractivity contribution in [2.75, 3.05) is 10.6 Å². The molecule has 0 unspecified atom stereocenters. The second-order valence-electron chi connectivity index (χ2n) is 9.70. The van der Waals surface area contributed by atoms with Gasteiger partial charge in [-0.15, -0.1) is 0 Å². The van der Waals surface area contributed by atoms with Gasteiger partial charge >= 0.3 is 59.1 Å². The van der Waals surface area contributed by atoms with E-state index in [0.29, 0.717) is 34.0 Å². The van der Waals surface area contributed by atoms with Gasteiger partial charge < -0.3 is 29.9 Å². The summed E-state index contributed by atoms with van der Waals surface area (Å²) in [7, 11) is -4.94. The predicted molar refractivity (Wildman–Crippen MR) is 167 cm³/mol. The molecule has 12 nitrogen and oxygen atoms in total. The summed E-state index contributed by atoms with van der Waals surface area (Å²) in [5, 5.41) is 20.5. The van der Waals surface area contributed by atoms with Crippen LogP contribution in [-0.2, 0) is 19.5 Å². The van der Waals surface area contributed by atoms with Gasteiger partial charge in [0.2, 0.25) is 0 Å². The molecule has 5 aromatic carbocycles. The number of fused-ring (bicyclic) bond motifs is 4. The minimum absolute atomic E-state index is 0. The van der Waals surface area contributed by atoms with Crippen LogP contribution in [-0.4, -0.2) is 13.0 Å². The average molecular weight is 741 g/mol. The van der Waals surface area contributed by atoms with Gasteiger partial charge in [0.05, 0.1) is 33.2 Å². The van der Waals surface area contributed by atoms with Gasteiger partial charge in [0.25, 0.3) is 0 Å². The van der Waals surface area contributed by atoms with Crippen molar-refractivity contribution in [1.82, 2.24) is 0 Å². The van der Waals surface area contributed by atoms with Crippen LogP contribution < -0.4 is 95.2 Å². The normalized spacial score (nSPS) is 12.1. The number of rotatable bonds is 8. The number of para-hydroxylation sites is 2. The Hall–Kier alpha value is -2.38. The van der Waals surface area contributed by atoms with E-state index < -0.39 is 15.0 Å². The molecule has 0 bridgehead atoms. The first-order valence-corrected chi connectivity index (χ1v) is 16.0. The fraction of sp³-hybridized carbons (Fsp3) is 0. The zero-order valence-electron chi connectivity index (χ0n) is 24.8. The fourth-order valence-electron chi connectivity index (χ4n) is 4.78. The van der Waals surface area contributed by atoms with E-state index in [1.165, 1.54) is 6.07 Å². The summed E-state index contributed by atoms with van der Waals surface area (Å²) in [6.07, 6.45) is 0. The molecule has 5 aromatic rings. The van der Waals surface area contributed by atoms with Crippen molar-refractivity contribution in [2.24, 2.45) is 9.98 Å². The van der Waals surface area contributed by atoms with Crippen molar-refractivity contribution in [2.45, 2.75) is 9.79 Å². The monoisotopic (exact) mass is 740 g/mol. The maximum atomic E-state index is 12.2. The Morgan fingerprint density at radius 2 is 1.21 bits per heavy atom. The molecular formula is C30H16Cl2N4Na2O8S2. The van der Waals surface area contributed by atoms with E-state index >= 15 is 0 Å². The molecule has 2 N–H and O–H groups in total. The predicted octanol–water partition coefficient (Wildman–Crippen LogP) is 0.737. The van der Waals surface area contributed by atoms with Gasteiger partial charge in [-0.05, 0) is 36.4 Å². The largest absolute Gasteiger partial charge is 1.00 e. The molecule has 0 saturated heterocycles. The SMILES string of the molecule is O=S(=O)([O-])c1cc2c(cc1Nc1ccccc1)Oc1c(Cl)c3c(c(Cl)c1=N2)Oc1cc(Nc2ccccc2)c(SOO[O-])cc1N=3.[Na+].[Na+]. The van der Waals surface area contributed by atoms with Gasteiger partial charge in [-0.2, -0.15) is 4.33 Å². The van der Waals surface area contributed by atoms with E-state index in [2.05, 4.69) is 30.0 Å². The molecule has 2 heterocycles. The van der Waals surface area contributed by atoms with Crippen molar-refractivity contribution in [3.8, 4) is 23.0 Å². The molecule has 2 aliphatic heterocycles. The number of nitrogens with zero attached hydrogens (tertiary/aromatic N) is 2. The van der Waals surface area contributed by atoms with Crippen molar-refractivity contribution in [3.05, 3.63) is 106 Å². The summed E-state index contributed by atoms with van der Waals surface area (Å²) in [5.41, 5.74) is 2.12. The molecule has 232 valence electrons. The van der Waals surface area contributed by atoms with Crippen molar-refractivity contribution in [3.63, 3.8) is 0 Å². The van der Waals surface area contributed by atoms with E-state index in [0.717, 1.165) is 11.8 Å². The smallest absolute Gasteiger partial charge is 0.744 e. The van der Waals surface area contributed by atoms with Crippen LogP contribution >= 0.6 is 35.2 Å². The maximum Gasteiger partial charge on any atom is 1.00 e. The zero-order chi connectivity index (χ0) is 32.0. The number of benzene rings is 5. The molecule has 2 aliphatic rings. The Labute approximate surface area is 331 Å². The zero-order valence-corrected chi connectivity index (χ0v) is 32.0. The summed E-state index contributed by atoms with van der Waals surface area (Å²) in [5.74, 6) is 0.498. The molecule has 7 rings (SSSR count). The molecule has 0 fully saturated rings. The summed E-state index contributed by atoms with van der Waals surface area (Å²) >= 11 is 14.3. The Morgan fingerprint density at radius 3 is 1.71 bits per heavy atom. The van der Waals surface area contributed by atoms with Crippen molar-refractivity contribution >= 4 is 79.5 Å². The third-order valence-electron chi connectivity index (χ3n) is 6.78. The van der Waals surface area contributed by atoms with Gasteiger partial charge in [-0.1, -0.05) is 59.6 Å². The van der Waals surface area contributed by atoms with Crippen LogP contribution in [0, 0.1) is 0 Å². The van der Waals surface area contributed by atoms with Crippen LogP contribution in [0.5, 0.6) is 23.0 Å². The second-order valence-corrected chi connectivity index (χ2v) is 12.5. The first kappa shape index (κ1) is 36.9. The topological polar surface area (TPSA) is 166 Å². The van der Waals surface area contributed by atoms with Gasteiger partial charge in [-0.3, -0.25) is 5.04 Å². The van der Waals surface area contributed by atoms with E-state index in [4.69, 9.17) is 32.7 Å². The number of hydrogen-bond acceptors (Lipinski definition) is 13. The molecular weight excluding hydrogens is 725 g/mol. The molecule has 0 radical (unpaired) electrons.